The fourth-order valence-corrected chi connectivity index (χ4v) is 1.86. The molecule has 90 valence electrons. The molecule has 2 amide bonds. The van der Waals surface area contributed by atoms with Crippen molar-refractivity contribution < 1.29 is 9.59 Å². The summed E-state index contributed by atoms with van der Waals surface area (Å²) in [5.74, 6) is -0.691. The van der Waals surface area contributed by atoms with Crippen LogP contribution in [0.3, 0.4) is 0 Å². The molecule has 1 heterocycles. The largest absolute Gasteiger partial charge is 0.366 e. The highest BCUT2D eigenvalue weighted by Crippen LogP contribution is 2.06. The van der Waals surface area contributed by atoms with E-state index in [1.165, 1.54) is 6.07 Å². The summed E-state index contributed by atoms with van der Waals surface area (Å²) in [5, 5.41) is 6.08. The molecule has 2 rings (SSSR count). The Balaban J connectivity index is 2.07. The zero-order chi connectivity index (χ0) is 12.3. The minimum absolute atomic E-state index is 0.165. The average molecular weight is 233 g/mol. The van der Waals surface area contributed by atoms with Gasteiger partial charge >= 0.3 is 0 Å². The van der Waals surface area contributed by atoms with Gasteiger partial charge in [-0.15, -0.1) is 0 Å². The standard InChI is InChI=1S/C12H15N3O2/c13-11(16)8-2-1-3-9(6-8)12(17)15-10-4-5-14-7-10/h1-3,6,10,14H,4-5,7H2,(H2,13,16)(H,15,17)/t10-/m0/s1. The first-order valence-electron chi connectivity index (χ1n) is 5.58. The Labute approximate surface area is 99.4 Å². The van der Waals surface area contributed by atoms with E-state index in [4.69, 9.17) is 5.73 Å². The van der Waals surface area contributed by atoms with Crippen molar-refractivity contribution in [3.63, 3.8) is 0 Å². The van der Waals surface area contributed by atoms with E-state index in [9.17, 15) is 9.59 Å². The molecular weight excluding hydrogens is 218 g/mol. The summed E-state index contributed by atoms with van der Waals surface area (Å²) >= 11 is 0. The summed E-state index contributed by atoms with van der Waals surface area (Å²) < 4.78 is 0. The van der Waals surface area contributed by atoms with Gasteiger partial charge in [0.25, 0.3) is 5.91 Å². The topological polar surface area (TPSA) is 84.2 Å². The van der Waals surface area contributed by atoms with Gasteiger partial charge in [-0.25, -0.2) is 0 Å². The first kappa shape index (κ1) is 11.6. The lowest BCUT2D eigenvalue weighted by atomic mass is 10.1. The molecule has 4 N–H and O–H groups in total. The van der Waals surface area contributed by atoms with Crippen LogP contribution >= 0.6 is 0 Å². The van der Waals surface area contributed by atoms with Gasteiger partial charge in [0.2, 0.25) is 5.91 Å². The Kier molecular flexibility index (Phi) is 3.39. The summed E-state index contributed by atoms with van der Waals surface area (Å²) in [7, 11) is 0. The van der Waals surface area contributed by atoms with Crippen LogP contribution in [0.5, 0.6) is 0 Å². The lowest BCUT2D eigenvalue weighted by molar-refractivity contribution is 0.0940. The fraction of sp³-hybridized carbons (Fsp3) is 0.333. The van der Waals surface area contributed by atoms with Gasteiger partial charge in [0.1, 0.15) is 0 Å². The van der Waals surface area contributed by atoms with Crippen LogP contribution in [0.15, 0.2) is 24.3 Å². The molecule has 1 atom stereocenters. The number of carbonyl (C=O) groups excluding carboxylic acids is 2. The maximum absolute atomic E-state index is 11.9. The van der Waals surface area contributed by atoms with Crippen LogP contribution in [-0.4, -0.2) is 30.9 Å². The number of primary amides is 1. The summed E-state index contributed by atoms with van der Waals surface area (Å²) in [6.07, 6.45) is 0.932. The molecule has 1 aromatic carbocycles. The number of hydrogen-bond acceptors (Lipinski definition) is 3. The van der Waals surface area contributed by atoms with Gasteiger partial charge in [0.15, 0.2) is 0 Å². The van der Waals surface area contributed by atoms with Gasteiger partial charge in [0.05, 0.1) is 0 Å². The maximum Gasteiger partial charge on any atom is 0.251 e. The minimum Gasteiger partial charge on any atom is -0.366 e. The van der Waals surface area contributed by atoms with Crippen LogP contribution in [0, 0.1) is 0 Å². The van der Waals surface area contributed by atoms with Crippen LogP contribution in [0.25, 0.3) is 0 Å². The van der Waals surface area contributed by atoms with E-state index >= 15 is 0 Å². The highest BCUT2D eigenvalue weighted by Gasteiger charge is 2.17. The summed E-state index contributed by atoms with van der Waals surface area (Å²) in [6.45, 7) is 1.72. The average Bonchev–Trinajstić information content (AvgIpc) is 2.82. The SMILES string of the molecule is NC(=O)c1cccc(C(=O)N[C@H]2CCNC2)c1. The lowest BCUT2D eigenvalue weighted by Gasteiger charge is -2.11. The van der Waals surface area contributed by atoms with Gasteiger partial charge in [0, 0.05) is 23.7 Å². The quantitative estimate of drug-likeness (QED) is 0.680. The summed E-state index contributed by atoms with van der Waals surface area (Å²) in [4.78, 5) is 22.9. The summed E-state index contributed by atoms with van der Waals surface area (Å²) in [6, 6.07) is 6.60. The second kappa shape index (κ2) is 4.97. The van der Waals surface area contributed by atoms with Crippen molar-refractivity contribution in [1.29, 1.82) is 0 Å². The summed E-state index contributed by atoms with van der Waals surface area (Å²) in [5.41, 5.74) is 5.98. The van der Waals surface area contributed by atoms with Crippen molar-refractivity contribution in [2.45, 2.75) is 12.5 Å². The van der Waals surface area contributed by atoms with Crippen molar-refractivity contribution >= 4 is 11.8 Å². The van der Waals surface area contributed by atoms with E-state index in [-0.39, 0.29) is 11.9 Å². The van der Waals surface area contributed by atoms with Crippen molar-refractivity contribution in [2.24, 2.45) is 5.73 Å². The molecule has 1 saturated heterocycles. The third kappa shape index (κ3) is 2.82. The molecule has 5 nitrogen and oxygen atoms in total. The Morgan fingerprint density at radius 3 is 2.76 bits per heavy atom. The predicted molar refractivity (Wildman–Crippen MR) is 63.7 cm³/mol. The third-order valence-electron chi connectivity index (χ3n) is 2.80. The van der Waals surface area contributed by atoms with E-state index in [2.05, 4.69) is 10.6 Å². The molecule has 0 unspecified atom stereocenters. The molecule has 1 aromatic rings. The Hall–Kier alpha value is -1.88. The normalized spacial score (nSPS) is 18.9. The molecule has 1 fully saturated rings. The Morgan fingerprint density at radius 2 is 2.12 bits per heavy atom. The van der Waals surface area contributed by atoms with Gasteiger partial charge in [-0.05, 0) is 31.2 Å². The molecule has 0 bridgehead atoms. The minimum atomic E-state index is -0.526. The Bertz CT molecular complexity index is 439. The maximum atomic E-state index is 11.9. The van der Waals surface area contributed by atoms with Crippen molar-refractivity contribution in [2.75, 3.05) is 13.1 Å². The zero-order valence-corrected chi connectivity index (χ0v) is 9.40. The highest BCUT2D eigenvalue weighted by molar-refractivity contribution is 5.99. The van der Waals surface area contributed by atoms with Gasteiger partial charge < -0.3 is 16.4 Å². The monoisotopic (exact) mass is 233 g/mol. The van der Waals surface area contributed by atoms with E-state index in [0.29, 0.717) is 11.1 Å². The molecule has 0 aliphatic carbocycles. The van der Waals surface area contributed by atoms with Crippen molar-refractivity contribution in [1.82, 2.24) is 10.6 Å². The van der Waals surface area contributed by atoms with Crippen molar-refractivity contribution in [3.8, 4) is 0 Å². The number of nitrogens with two attached hydrogens (primary N) is 1. The number of rotatable bonds is 3. The number of hydrogen-bond donors (Lipinski definition) is 3. The lowest BCUT2D eigenvalue weighted by Crippen LogP contribution is -2.36. The van der Waals surface area contributed by atoms with E-state index in [1.807, 2.05) is 0 Å². The molecule has 0 spiro atoms. The number of nitrogens with one attached hydrogen (secondary N) is 2. The molecule has 1 aliphatic rings. The van der Waals surface area contributed by atoms with E-state index < -0.39 is 5.91 Å². The molecule has 0 radical (unpaired) electrons. The van der Waals surface area contributed by atoms with Gasteiger partial charge in [-0.1, -0.05) is 6.07 Å². The number of carbonyl (C=O) groups is 2. The van der Waals surface area contributed by atoms with Crippen LogP contribution in [-0.2, 0) is 0 Å². The van der Waals surface area contributed by atoms with E-state index in [1.54, 1.807) is 18.2 Å². The second-order valence-electron chi connectivity index (χ2n) is 4.11. The number of benzene rings is 1. The molecule has 0 saturated carbocycles. The molecule has 1 aliphatic heterocycles. The number of amides is 2. The highest BCUT2D eigenvalue weighted by atomic mass is 16.2. The molecule has 0 aromatic heterocycles. The second-order valence-corrected chi connectivity index (χ2v) is 4.11. The van der Waals surface area contributed by atoms with Crippen LogP contribution in [0.4, 0.5) is 0 Å². The first-order chi connectivity index (χ1) is 8.16. The fourth-order valence-electron chi connectivity index (χ4n) is 1.86. The predicted octanol–water partition coefficient (Wildman–Crippen LogP) is -0.123. The first-order valence-corrected chi connectivity index (χ1v) is 5.58. The zero-order valence-electron chi connectivity index (χ0n) is 9.40. The van der Waals surface area contributed by atoms with Gasteiger partial charge in [-0.3, -0.25) is 9.59 Å². The van der Waals surface area contributed by atoms with Crippen LogP contribution < -0.4 is 16.4 Å². The molecular formula is C12H15N3O2. The molecule has 17 heavy (non-hydrogen) atoms. The van der Waals surface area contributed by atoms with Crippen LogP contribution in [0.1, 0.15) is 27.1 Å². The van der Waals surface area contributed by atoms with Gasteiger partial charge in [-0.2, -0.15) is 0 Å². The Morgan fingerprint density at radius 1 is 1.35 bits per heavy atom. The molecule has 5 heteroatoms. The third-order valence-corrected chi connectivity index (χ3v) is 2.80. The van der Waals surface area contributed by atoms with Crippen LogP contribution in [0.2, 0.25) is 0 Å². The van der Waals surface area contributed by atoms with Crippen molar-refractivity contribution in [3.05, 3.63) is 35.4 Å². The smallest absolute Gasteiger partial charge is 0.251 e. The van der Waals surface area contributed by atoms with E-state index in [0.717, 1.165) is 19.5 Å².